The van der Waals surface area contributed by atoms with E-state index in [9.17, 15) is 23.1 Å². The average Bonchev–Trinajstić information content (AvgIpc) is 3.60. The number of nitrogens with zero attached hydrogens (tertiary/aromatic N) is 2. The lowest BCUT2D eigenvalue weighted by Gasteiger charge is -2.30. The van der Waals surface area contributed by atoms with Gasteiger partial charge in [-0.15, -0.1) is 11.3 Å². The second-order valence-corrected chi connectivity index (χ2v) is 15.2. The highest BCUT2D eigenvalue weighted by atomic mass is 32.2. The fourth-order valence-corrected chi connectivity index (χ4v) is 8.31. The molecule has 6 rings (SSSR count). The molecule has 2 unspecified atom stereocenters. The second kappa shape index (κ2) is 16.7. The molecule has 2 heterocycles. The van der Waals surface area contributed by atoms with Crippen LogP contribution in [-0.2, 0) is 29.0 Å². The molecular weight excluding hydrogens is 719 g/mol. The maximum Gasteiger partial charge on any atom is 0.337 e. The van der Waals surface area contributed by atoms with Crippen molar-refractivity contribution < 1.29 is 42.1 Å². The minimum absolute atomic E-state index is 0.0204. The van der Waals surface area contributed by atoms with E-state index < -0.39 is 34.8 Å². The fourth-order valence-electron chi connectivity index (χ4n) is 5.83. The number of aromatic nitrogens is 1. The molecule has 4 aromatic carbocycles. The Bertz CT molecular complexity index is 2200. The number of aliphatic hydroxyl groups excluding tert-OH is 1. The van der Waals surface area contributed by atoms with Gasteiger partial charge in [0.05, 0.1) is 48.1 Å². The first-order valence-corrected chi connectivity index (χ1v) is 19.1. The Balaban J connectivity index is 1.17. The van der Waals surface area contributed by atoms with Crippen molar-refractivity contribution in [2.75, 3.05) is 45.8 Å². The molecule has 0 aliphatic carbocycles. The highest BCUT2D eigenvalue weighted by molar-refractivity contribution is 7.89. The van der Waals surface area contributed by atoms with Gasteiger partial charge in [-0.1, -0.05) is 18.2 Å². The monoisotopic (exact) mass is 757 g/mol. The Morgan fingerprint density at radius 3 is 2.40 bits per heavy atom. The number of methoxy groups -OCH3 is 2. The summed E-state index contributed by atoms with van der Waals surface area (Å²) in [6.07, 6.45) is 1.08. The van der Waals surface area contributed by atoms with Gasteiger partial charge < -0.3 is 29.4 Å². The molecule has 14 heteroatoms. The van der Waals surface area contributed by atoms with E-state index in [1.807, 2.05) is 31.2 Å². The van der Waals surface area contributed by atoms with Gasteiger partial charge in [-0.25, -0.2) is 18.2 Å². The van der Waals surface area contributed by atoms with Gasteiger partial charge in [0, 0.05) is 36.7 Å². The predicted molar refractivity (Wildman–Crippen MR) is 201 cm³/mol. The van der Waals surface area contributed by atoms with Gasteiger partial charge in [0.2, 0.25) is 16.3 Å². The van der Waals surface area contributed by atoms with E-state index in [1.54, 1.807) is 65.9 Å². The zero-order valence-corrected chi connectivity index (χ0v) is 31.0. The molecule has 2 N–H and O–H groups in total. The number of ether oxygens (including phenoxy) is 4. The lowest BCUT2D eigenvalue weighted by atomic mass is 9.92. The van der Waals surface area contributed by atoms with E-state index in [0.717, 1.165) is 30.7 Å². The van der Waals surface area contributed by atoms with Crippen molar-refractivity contribution in [1.82, 2.24) is 9.29 Å². The summed E-state index contributed by atoms with van der Waals surface area (Å²) in [5.41, 5.74) is 4.75. The average molecular weight is 758 g/mol. The molecule has 1 aromatic heterocycles. The molecule has 0 saturated carbocycles. The maximum absolute atomic E-state index is 13.6. The first kappa shape index (κ1) is 37.6. The summed E-state index contributed by atoms with van der Waals surface area (Å²) < 4.78 is 51.1. The van der Waals surface area contributed by atoms with Crippen LogP contribution in [0.25, 0.3) is 20.8 Å². The number of aliphatic hydroxyl groups is 1. The van der Waals surface area contributed by atoms with E-state index in [-0.39, 0.29) is 36.3 Å². The number of sulfonamides is 1. The van der Waals surface area contributed by atoms with E-state index in [4.69, 9.17) is 23.9 Å². The zero-order chi connectivity index (χ0) is 37.5. The number of rotatable bonds is 14. The number of carbonyl (C=O) groups is 2. The fraction of sp³-hybridized carbons (Fsp3) is 0.256. The van der Waals surface area contributed by atoms with Gasteiger partial charge in [-0.3, -0.25) is 4.79 Å². The number of allylic oxidation sites excluding steroid dienone is 1. The van der Waals surface area contributed by atoms with Crippen LogP contribution in [0.5, 0.6) is 5.75 Å². The van der Waals surface area contributed by atoms with Crippen LogP contribution < -0.4 is 10.1 Å². The molecule has 1 aliphatic heterocycles. The molecule has 0 fully saturated rings. The van der Waals surface area contributed by atoms with Crippen LogP contribution in [0.4, 0.5) is 5.69 Å². The van der Waals surface area contributed by atoms with E-state index in [2.05, 4.69) is 11.4 Å². The van der Waals surface area contributed by atoms with Gasteiger partial charge in [-0.2, -0.15) is 4.31 Å². The Kier molecular flexibility index (Phi) is 11.9. The largest absolute Gasteiger partial charge is 0.497 e. The highest BCUT2D eigenvalue weighted by Gasteiger charge is 2.30. The number of fused-ring (bicyclic) bond motifs is 1. The number of amides is 1. The molecule has 12 nitrogen and oxygen atoms in total. The normalized spacial score (nSPS) is 15.8. The summed E-state index contributed by atoms with van der Waals surface area (Å²) in [5, 5.41) is 13.4. The van der Waals surface area contributed by atoms with Crippen molar-refractivity contribution in [1.29, 1.82) is 0 Å². The molecule has 5 aromatic rings. The lowest BCUT2D eigenvalue weighted by Crippen LogP contribution is -2.37. The Morgan fingerprint density at radius 2 is 1.72 bits per heavy atom. The van der Waals surface area contributed by atoms with Crippen molar-refractivity contribution in [3.63, 3.8) is 0 Å². The first-order chi connectivity index (χ1) is 25.6. The zero-order valence-electron chi connectivity index (χ0n) is 29.4. The van der Waals surface area contributed by atoms with Crippen molar-refractivity contribution in [2.24, 2.45) is 0 Å². The minimum Gasteiger partial charge on any atom is -0.497 e. The smallest absolute Gasteiger partial charge is 0.337 e. The molecule has 0 bridgehead atoms. The number of carbonyl (C=O) groups excluding carboxylic acids is 2. The number of nitrogens with one attached hydrogen (secondary N) is 1. The topological polar surface area (TPSA) is 154 Å². The number of benzene rings is 4. The maximum atomic E-state index is 13.6. The molecule has 2 atom stereocenters. The van der Waals surface area contributed by atoms with Crippen LogP contribution in [0.1, 0.15) is 33.8 Å². The van der Waals surface area contributed by atoms with Gasteiger partial charge in [0.1, 0.15) is 10.8 Å². The minimum atomic E-state index is -3.97. The second-order valence-electron chi connectivity index (χ2n) is 12.2. The molecule has 0 radical (unpaired) electrons. The van der Waals surface area contributed by atoms with Gasteiger partial charge in [0.25, 0.3) is 5.91 Å². The SMILES string of the molecule is COC(=O)c1ccc(C2C=C(C(=O)Nc3ccc(-c4nc5ccc(C)cc5s4)cc3)OC(OCCN(CCO)S(=O)(=O)c3ccc(OC)cc3)C2)cc1. The summed E-state index contributed by atoms with van der Waals surface area (Å²) in [6, 6.07) is 26.3. The van der Waals surface area contributed by atoms with Crippen LogP contribution >= 0.6 is 11.3 Å². The molecule has 1 aliphatic rings. The van der Waals surface area contributed by atoms with Crippen LogP contribution in [0.15, 0.2) is 108 Å². The third kappa shape index (κ3) is 8.92. The van der Waals surface area contributed by atoms with Gasteiger partial charge >= 0.3 is 5.97 Å². The van der Waals surface area contributed by atoms with Gasteiger partial charge in [0.15, 0.2) is 5.76 Å². The van der Waals surface area contributed by atoms with Crippen LogP contribution in [0.2, 0.25) is 0 Å². The van der Waals surface area contributed by atoms with Crippen molar-refractivity contribution in [2.45, 2.75) is 30.4 Å². The summed E-state index contributed by atoms with van der Waals surface area (Å²) in [4.78, 5) is 30.4. The molecule has 0 saturated heterocycles. The number of aryl methyl sites for hydroxylation is 1. The summed E-state index contributed by atoms with van der Waals surface area (Å²) in [5.74, 6) is -0.785. The number of esters is 1. The number of thiazole rings is 1. The lowest BCUT2D eigenvalue weighted by molar-refractivity contribution is -0.143. The van der Waals surface area contributed by atoms with E-state index in [0.29, 0.717) is 23.4 Å². The Hall–Kier alpha value is -5.12. The van der Waals surface area contributed by atoms with Crippen LogP contribution in [0.3, 0.4) is 0 Å². The summed E-state index contributed by atoms with van der Waals surface area (Å²) in [6.45, 7) is 1.33. The molecule has 53 heavy (non-hydrogen) atoms. The standard InChI is InChI=1S/C39H39N3O9S2/c1-25-4-17-33-35(22-25)52-38(41-33)27-9-11-30(12-10-27)40-37(44)34-23-29(26-5-7-28(8-6-26)39(45)49-3)24-36(51-34)50-21-19-42(18-20-43)53(46,47)32-15-13-31(48-2)14-16-32/h4-17,22-23,29,36,43H,18-21,24H2,1-3H3,(H,40,44). The Morgan fingerprint density at radius 1 is 0.981 bits per heavy atom. The molecular formula is C39H39N3O9S2. The van der Waals surface area contributed by atoms with Crippen molar-refractivity contribution in [3.05, 3.63) is 120 Å². The quantitative estimate of drug-likeness (QED) is 0.127. The third-order valence-corrected chi connectivity index (χ3v) is 11.6. The summed E-state index contributed by atoms with van der Waals surface area (Å²) in [7, 11) is -1.17. The third-order valence-electron chi connectivity index (χ3n) is 8.67. The Labute approximate surface area is 311 Å². The number of hydrogen-bond donors (Lipinski definition) is 2. The molecule has 0 spiro atoms. The van der Waals surface area contributed by atoms with Crippen molar-refractivity contribution in [3.8, 4) is 16.3 Å². The molecule has 276 valence electrons. The number of anilines is 1. The van der Waals surface area contributed by atoms with Gasteiger partial charge in [-0.05, 0) is 96.9 Å². The molecule has 1 amide bonds. The van der Waals surface area contributed by atoms with E-state index >= 15 is 0 Å². The first-order valence-electron chi connectivity index (χ1n) is 16.8. The van der Waals surface area contributed by atoms with Crippen LogP contribution in [0, 0.1) is 6.92 Å². The number of hydrogen-bond acceptors (Lipinski definition) is 11. The summed E-state index contributed by atoms with van der Waals surface area (Å²) >= 11 is 1.60. The van der Waals surface area contributed by atoms with E-state index in [1.165, 1.54) is 31.9 Å². The predicted octanol–water partition coefficient (Wildman–Crippen LogP) is 6.12. The van der Waals surface area contributed by atoms with Crippen LogP contribution in [-0.4, -0.2) is 81.5 Å². The highest BCUT2D eigenvalue weighted by Crippen LogP contribution is 2.34. The van der Waals surface area contributed by atoms with Crippen molar-refractivity contribution >= 4 is 49.1 Å².